The predicted molar refractivity (Wildman–Crippen MR) is 116 cm³/mol. The van der Waals surface area contributed by atoms with E-state index < -0.39 is 32.9 Å². The van der Waals surface area contributed by atoms with Crippen molar-refractivity contribution < 1.29 is 39.3 Å². The maximum atomic E-state index is 12.6. The summed E-state index contributed by atoms with van der Waals surface area (Å²) >= 11 is 1.44. The number of anilines is 1. The number of alkyl halides is 3. The molecule has 0 fully saturated rings. The average Bonchev–Trinajstić information content (AvgIpc) is 3.03. The highest BCUT2D eigenvalue weighted by Gasteiger charge is 2.48. The molecule has 1 N–H and O–H groups in total. The van der Waals surface area contributed by atoms with Crippen LogP contribution in [0.15, 0.2) is 36.4 Å². The lowest BCUT2D eigenvalue weighted by atomic mass is 10.0. The van der Waals surface area contributed by atoms with E-state index in [0.29, 0.717) is 5.56 Å². The number of aryl methyl sites for hydroxylation is 3. The summed E-state index contributed by atoms with van der Waals surface area (Å²) in [5.41, 5.74) is -3.34. The molecule has 182 valence electrons. The van der Waals surface area contributed by atoms with Crippen LogP contribution in [0.4, 0.5) is 27.6 Å². The highest BCUT2D eigenvalue weighted by atomic mass is 32.2. The van der Waals surface area contributed by atoms with Crippen molar-refractivity contribution in [1.82, 2.24) is 4.98 Å². The molecule has 0 saturated heterocycles. The number of carbonyl (C=O) groups is 1. The molecule has 0 aliphatic heterocycles. The Labute approximate surface area is 195 Å². The first-order valence-electron chi connectivity index (χ1n) is 9.67. The van der Waals surface area contributed by atoms with Crippen molar-refractivity contribution >= 4 is 33.6 Å². The maximum absolute atomic E-state index is 12.6. The van der Waals surface area contributed by atoms with E-state index in [2.05, 4.69) is 9.17 Å². The number of thiazole rings is 1. The Balaban J connectivity index is 0.000000248. The Morgan fingerprint density at radius 2 is 1.79 bits per heavy atom. The van der Waals surface area contributed by atoms with Gasteiger partial charge in [-0.05, 0) is 56.0 Å². The van der Waals surface area contributed by atoms with E-state index in [0.717, 1.165) is 52.5 Å². The number of aromatic nitrogens is 1. The second kappa shape index (κ2) is 10.1. The average molecular weight is 521 g/mol. The third-order valence-corrected chi connectivity index (χ3v) is 6.67. The van der Waals surface area contributed by atoms with Crippen LogP contribution >= 0.6 is 11.3 Å². The largest absolute Gasteiger partial charge is 0.534 e. The molecule has 0 radical (unpaired) electrons. The van der Waals surface area contributed by atoms with Crippen LogP contribution in [-0.2, 0) is 27.8 Å². The first-order chi connectivity index (χ1) is 15.9. The molecule has 1 aliphatic rings. The molecule has 4 rings (SSSR count). The maximum Gasteiger partial charge on any atom is 0.534 e. The number of hydrogen-bond acceptors (Lipinski definition) is 6. The van der Waals surface area contributed by atoms with Gasteiger partial charge in [-0.25, -0.2) is 13.8 Å². The second-order valence-electron chi connectivity index (χ2n) is 7.02. The van der Waals surface area contributed by atoms with Crippen LogP contribution in [0.25, 0.3) is 10.4 Å². The summed E-state index contributed by atoms with van der Waals surface area (Å²) in [5, 5.41) is 2.77. The standard InChI is InChI=1S/C14H12F3NO3S2.C7H5F2NO/c1-8-18-12-4-2-3-9-5-6-10(7-11(9)13(12)22-8)21-23(19,20)14(15,16)17;8-5-2-1-3-6(9)7(5)10-4-11/h5-7H,2-4H2,1H3;1-4H,(H,10,11). The molecular weight excluding hydrogens is 503 g/mol. The van der Waals surface area contributed by atoms with E-state index in [9.17, 15) is 35.2 Å². The predicted octanol–water partition coefficient (Wildman–Crippen LogP) is 5.37. The van der Waals surface area contributed by atoms with Gasteiger partial charge in [0.25, 0.3) is 0 Å². The summed E-state index contributed by atoms with van der Waals surface area (Å²) in [7, 11) is -5.67. The van der Waals surface area contributed by atoms with Gasteiger partial charge in [-0.3, -0.25) is 4.79 Å². The minimum atomic E-state index is -5.67. The van der Waals surface area contributed by atoms with Gasteiger partial charge in [0.1, 0.15) is 23.1 Å². The van der Waals surface area contributed by atoms with Crippen molar-refractivity contribution in [2.45, 2.75) is 31.7 Å². The lowest BCUT2D eigenvalue weighted by Gasteiger charge is -2.12. The molecule has 2 aromatic carbocycles. The lowest BCUT2D eigenvalue weighted by molar-refractivity contribution is -0.105. The van der Waals surface area contributed by atoms with Crippen LogP contribution in [0, 0.1) is 18.6 Å². The van der Waals surface area contributed by atoms with E-state index in [1.54, 1.807) is 6.07 Å². The summed E-state index contributed by atoms with van der Waals surface area (Å²) in [5.74, 6) is -1.91. The summed E-state index contributed by atoms with van der Waals surface area (Å²) < 4.78 is 89.0. The Bertz CT molecular complexity index is 1290. The first kappa shape index (κ1) is 25.6. The molecule has 0 unspecified atom stereocenters. The van der Waals surface area contributed by atoms with Crippen LogP contribution in [0.2, 0.25) is 0 Å². The molecule has 1 amide bonds. The SMILES string of the molecule is Cc1nc2c(s1)-c1cc(OS(=O)(=O)C(F)(F)F)ccc1CCC2.O=CNc1c(F)cccc1F. The summed E-state index contributed by atoms with van der Waals surface area (Å²) in [6.07, 6.45) is 2.64. The third kappa shape index (κ3) is 5.70. The van der Waals surface area contributed by atoms with Gasteiger partial charge in [0.2, 0.25) is 6.41 Å². The number of hydrogen-bond donors (Lipinski definition) is 1. The van der Waals surface area contributed by atoms with Crippen LogP contribution < -0.4 is 9.50 Å². The van der Waals surface area contributed by atoms with Gasteiger partial charge in [0, 0.05) is 5.56 Å². The Morgan fingerprint density at radius 1 is 1.12 bits per heavy atom. The fourth-order valence-electron chi connectivity index (χ4n) is 3.20. The van der Waals surface area contributed by atoms with Crippen LogP contribution in [0.3, 0.4) is 0 Å². The van der Waals surface area contributed by atoms with E-state index in [1.165, 1.54) is 29.5 Å². The first-order valence-corrected chi connectivity index (χ1v) is 11.9. The van der Waals surface area contributed by atoms with Crippen molar-refractivity contribution in [3.05, 3.63) is 64.3 Å². The Kier molecular flexibility index (Phi) is 7.56. The van der Waals surface area contributed by atoms with E-state index in [4.69, 9.17) is 0 Å². The number of halogens is 5. The molecule has 1 heterocycles. The fraction of sp³-hybridized carbons (Fsp3) is 0.238. The fourth-order valence-corrected chi connectivity index (χ4v) is 4.67. The number of nitrogens with one attached hydrogen (secondary N) is 1. The summed E-state index contributed by atoms with van der Waals surface area (Å²) in [6.45, 7) is 1.85. The van der Waals surface area contributed by atoms with Gasteiger partial charge >= 0.3 is 15.6 Å². The number of amides is 1. The number of carbonyl (C=O) groups excluding carboxylic acids is 1. The third-order valence-electron chi connectivity index (χ3n) is 4.65. The van der Waals surface area contributed by atoms with Crippen molar-refractivity contribution in [1.29, 1.82) is 0 Å². The number of benzene rings is 2. The Hall–Kier alpha value is -3.06. The molecule has 34 heavy (non-hydrogen) atoms. The van der Waals surface area contributed by atoms with E-state index in [1.807, 2.05) is 12.2 Å². The number of para-hydroxylation sites is 1. The smallest absolute Gasteiger partial charge is 0.376 e. The highest BCUT2D eigenvalue weighted by molar-refractivity contribution is 7.88. The number of fused-ring (bicyclic) bond motifs is 3. The molecular formula is C21H17F5N2O4S2. The lowest BCUT2D eigenvalue weighted by Crippen LogP contribution is -2.28. The van der Waals surface area contributed by atoms with Crippen LogP contribution in [0.1, 0.15) is 22.7 Å². The topological polar surface area (TPSA) is 85.4 Å². The molecule has 0 saturated carbocycles. The normalized spacial score (nSPS) is 13.0. The van der Waals surface area contributed by atoms with Gasteiger partial charge in [-0.2, -0.15) is 21.6 Å². The van der Waals surface area contributed by atoms with E-state index in [-0.39, 0.29) is 12.2 Å². The minimum absolute atomic E-state index is 0.224. The Morgan fingerprint density at radius 3 is 2.41 bits per heavy atom. The number of rotatable bonds is 4. The van der Waals surface area contributed by atoms with Gasteiger partial charge < -0.3 is 9.50 Å². The molecule has 3 aromatic rings. The molecule has 1 aliphatic carbocycles. The zero-order valence-electron chi connectivity index (χ0n) is 17.4. The molecule has 1 aromatic heterocycles. The molecule has 13 heteroatoms. The molecule has 0 bridgehead atoms. The molecule has 0 spiro atoms. The van der Waals surface area contributed by atoms with Crippen molar-refractivity contribution in [3.63, 3.8) is 0 Å². The minimum Gasteiger partial charge on any atom is -0.376 e. The van der Waals surface area contributed by atoms with Gasteiger partial charge in [0.15, 0.2) is 0 Å². The van der Waals surface area contributed by atoms with Crippen LogP contribution in [-0.4, -0.2) is 25.3 Å². The van der Waals surface area contributed by atoms with E-state index >= 15 is 0 Å². The van der Waals surface area contributed by atoms with Crippen molar-refractivity contribution in [2.24, 2.45) is 0 Å². The van der Waals surface area contributed by atoms with Crippen LogP contribution in [0.5, 0.6) is 5.75 Å². The molecule has 6 nitrogen and oxygen atoms in total. The van der Waals surface area contributed by atoms with Crippen molar-refractivity contribution in [2.75, 3.05) is 5.32 Å². The monoisotopic (exact) mass is 520 g/mol. The zero-order chi connectivity index (χ0) is 25.1. The highest BCUT2D eigenvalue weighted by Crippen LogP contribution is 2.39. The van der Waals surface area contributed by atoms with Gasteiger partial charge in [-0.1, -0.05) is 12.1 Å². The van der Waals surface area contributed by atoms with Crippen molar-refractivity contribution in [3.8, 4) is 16.2 Å². The quantitative estimate of drug-likeness (QED) is 0.216. The second-order valence-corrected chi connectivity index (χ2v) is 9.76. The van der Waals surface area contributed by atoms with Gasteiger partial charge in [0.05, 0.1) is 15.6 Å². The summed E-state index contributed by atoms with van der Waals surface area (Å²) in [4.78, 5) is 15.1. The summed E-state index contributed by atoms with van der Waals surface area (Å²) in [6, 6.07) is 7.56. The van der Waals surface area contributed by atoms with Gasteiger partial charge in [-0.15, -0.1) is 11.3 Å². The molecule has 0 atom stereocenters. The zero-order valence-corrected chi connectivity index (χ0v) is 19.1. The number of nitrogens with zero attached hydrogens (tertiary/aromatic N) is 1.